The number of rotatable bonds is 8. The van der Waals surface area contributed by atoms with Gasteiger partial charge in [0.15, 0.2) is 0 Å². The fourth-order valence-corrected chi connectivity index (χ4v) is 1.16. The topological polar surface area (TPSA) is 24.5 Å². The number of alkyl halides is 3. The Bertz CT molecular complexity index is 153. The summed E-state index contributed by atoms with van der Waals surface area (Å²) in [4.78, 5) is 1.28. The first-order valence-electron chi connectivity index (χ1n) is 4.90. The number of ether oxygens (including phenoxy) is 1. The van der Waals surface area contributed by atoms with Crippen LogP contribution in [0.4, 0.5) is 13.2 Å². The minimum Gasteiger partial charge on any atom is -0.383 e. The number of nitrogens with zero attached hydrogens (tertiary/aromatic N) is 1. The molecular formula is C9H19F3N2O. The molecular weight excluding hydrogens is 209 g/mol. The maximum Gasteiger partial charge on any atom is 0.401 e. The Morgan fingerprint density at radius 2 is 1.93 bits per heavy atom. The van der Waals surface area contributed by atoms with Gasteiger partial charge in [-0.1, -0.05) is 0 Å². The third-order valence-electron chi connectivity index (χ3n) is 1.83. The van der Waals surface area contributed by atoms with Crippen LogP contribution in [-0.4, -0.2) is 58.0 Å². The Morgan fingerprint density at radius 1 is 1.27 bits per heavy atom. The van der Waals surface area contributed by atoms with E-state index >= 15 is 0 Å². The van der Waals surface area contributed by atoms with Crippen LogP contribution >= 0.6 is 0 Å². The molecule has 0 fully saturated rings. The average Bonchev–Trinajstić information content (AvgIpc) is 2.08. The molecule has 0 radical (unpaired) electrons. The number of hydrogen-bond donors (Lipinski definition) is 1. The van der Waals surface area contributed by atoms with Crippen molar-refractivity contribution < 1.29 is 17.9 Å². The Kier molecular flexibility index (Phi) is 7.72. The fourth-order valence-electron chi connectivity index (χ4n) is 1.16. The van der Waals surface area contributed by atoms with Crippen molar-refractivity contribution in [1.29, 1.82) is 0 Å². The van der Waals surface area contributed by atoms with Crippen molar-refractivity contribution in [2.45, 2.75) is 12.6 Å². The predicted molar refractivity (Wildman–Crippen MR) is 52.9 cm³/mol. The Hall–Kier alpha value is -0.330. The molecule has 0 aliphatic rings. The largest absolute Gasteiger partial charge is 0.401 e. The van der Waals surface area contributed by atoms with Crippen molar-refractivity contribution in [3.05, 3.63) is 0 Å². The van der Waals surface area contributed by atoms with Crippen LogP contribution < -0.4 is 5.32 Å². The Labute approximate surface area is 88.6 Å². The Morgan fingerprint density at radius 3 is 2.47 bits per heavy atom. The first kappa shape index (κ1) is 14.7. The smallest absolute Gasteiger partial charge is 0.383 e. The van der Waals surface area contributed by atoms with Gasteiger partial charge < -0.3 is 10.1 Å². The Balaban J connectivity index is 3.28. The van der Waals surface area contributed by atoms with Gasteiger partial charge >= 0.3 is 6.18 Å². The zero-order chi connectivity index (χ0) is 11.7. The van der Waals surface area contributed by atoms with Crippen LogP contribution in [-0.2, 0) is 4.74 Å². The van der Waals surface area contributed by atoms with Crippen LogP contribution in [0, 0.1) is 0 Å². The van der Waals surface area contributed by atoms with E-state index in [4.69, 9.17) is 4.74 Å². The molecule has 0 amide bonds. The van der Waals surface area contributed by atoms with Gasteiger partial charge in [-0.15, -0.1) is 0 Å². The minimum atomic E-state index is -4.10. The van der Waals surface area contributed by atoms with Crippen LogP contribution in [0.15, 0.2) is 0 Å². The van der Waals surface area contributed by atoms with Gasteiger partial charge in [-0.2, -0.15) is 13.2 Å². The van der Waals surface area contributed by atoms with Gasteiger partial charge in [-0.05, 0) is 26.6 Å². The number of hydrogen-bond acceptors (Lipinski definition) is 3. The lowest BCUT2D eigenvalue weighted by molar-refractivity contribution is -0.143. The summed E-state index contributed by atoms with van der Waals surface area (Å²) in [6.07, 6.45) is -3.39. The lowest BCUT2D eigenvalue weighted by Crippen LogP contribution is -2.33. The van der Waals surface area contributed by atoms with Crippen molar-refractivity contribution in [3.63, 3.8) is 0 Å². The maximum absolute atomic E-state index is 11.9. The highest BCUT2D eigenvalue weighted by Gasteiger charge is 2.28. The lowest BCUT2D eigenvalue weighted by Gasteiger charge is -2.18. The molecule has 0 spiro atoms. The molecule has 0 aromatic rings. The molecule has 0 atom stereocenters. The van der Waals surface area contributed by atoms with Crippen molar-refractivity contribution in [1.82, 2.24) is 10.2 Å². The summed E-state index contributed by atoms with van der Waals surface area (Å²) >= 11 is 0. The molecule has 0 rings (SSSR count). The van der Waals surface area contributed by atoms with E-state index in [9.17, 15) is 13.2 Å². The van der Waals surface area contributed by atoms with E-state index in [1.165, 1.54) is 11.9 Å². The summed E-state index contributed by atoms with van der Waals surface area (Å²) in [5, 5.41) is 3.07. The van der Waals surface area contributed by atoms with E-state index in [0.717, 1.165) is 6.54 Å². The first-order valence-corrected chi connectivity index (χ1v) is 4.90. The normalized spacial score (nSPS) is 12.4. The molecule has 0 aliphatic heterocycles. The zero-order valence-corrected chi connectivity index (χ0v) is 9.23. The van der Waals surface area contributed by atoms with Gasteiger partial charge in [0.25, 0.3) is 0 Å². The molecule has 15 heavy (non-hydrogen) atoms. The lowest BCUT2D eigenvalue weighted by atomic mass is 10.4. The molecule has 1 N–H and O–H groups in total. The standard InChI is InChI=1S/C9H19F3N2O/c1-14(8-9(10,11)12)6-3-4-13-5-7-15-2/h13H,3-8H2,1-2H3. The third kappa shape index (κ3) is 11.6. The molecule has 3 nitrogen and oxygen atoms in total. The van der Waals surface area contributed by atoms with Crippen LogP contribution in [0.25, 0.3) is 0 Å². The number of nitrogens with one attached hydrogen (secondary N) is 1. The van der Waals surface area contributed by atoms with Crippen molar-refractivity contribution in [3.8, 4) is 0 Å². The van der Waals surface area contributed by atoms with Gasteiger partial charge in [0.05, 0.1) is 13.2 Å². The number of halogens is 3. The van der Waals surface area contributed by atoms with E-state index in [1.807, 2.05) is 0 Å². The first-order chi connectivity index (χ1) is 6.95. The van der Waals surface area contributed by atoms with E-state index < -0.39 is 12.7 Å². The highest BCUT2D eigenvalue weighted by Crippen LogP contribution is 2.15. The summed E-state index contributed by atoms with van der Waals surface area (Å²) in [6.45, 7) is 1.67. The molecule has 0 unspecified atom stereocenters. The molecule has 0 bridgehead atoms. The monoisotopic (exact) mass is 228 g/mol. The van der Waals surface area contributed by atoms with E-state index in [0.29, 0.717) is 26.1 Å². The molecule has 0 saturated heterocycles. The van der Waals surface area contributed by atoms with Gasteiger partial charge in [0, 0.05) is 13.7 Å². The molecule has 0 aromatic heterocycles. The summed E-state index contributed by atoms with van der Waals surface area (Å²) in [7, 11) is 3.08. The number of methoxy groups -OCH3 is 1. The second-order valence-corrected chi connectivity index (χ2v) is 3.45. The van der Waals surface area contributed by atoms with Gasteiger partial charge in [0.2, 0.25) is 0 Å². The van der Waals surface area contributed by atoms with E-state index in [-0.39, 0.29) is 0 Å². The van der Waals surface area contributed by atoms with Gasteiger partial charge in [0.1, 0.15) is 0 Å². The molecule has 0 saturated carbocycles. The van der Waals surface area contributed by atoms with E-state index in [2.05, 4.69) is 5.32 Å². The highest BCUT2D eigenvalue weighted by atomic mass is 19.4. The molecule has 0 aliphatic carbocycles. The second kappa shape index (κ2) is 7.90. The highest BCUT2D eigenvalue weighted by molar-refractivity contribution is 4.59. The van der Waals surface area contributed by atoms with Crippen LogP contribution in [0.2, 0.25) is 0 Å². The van der Waals surface area contributed by atoms with Gasteiger partial charge in [-0.25, -0.2) is 0 Å². The van der Waals surface area contributed by atoms with Crippen LogP contribution in [0.1, 0.15) is 6.42 Å². The molecule has 0 aromatic carbocycles. The predicted octanol–water partition coefficient (Wildman–Crippen LogP) is 1.11. The zero-order valence-electron chi connectivity index (χ0n) is 9.23. The maximum atomic E-state index is 11.9. The summed E-state index contributed by atoms with van der Waals surface area (Å²) < 4.78 is 40.5. The van der Waals surface area contributed by atoms with Crippen LogP contribution in [0.5, 0.6) is 0 Å². The quantitative estimate of drug-likeness (QED) is 0.630. The van der Waals surface area contributed by atoms with Crippen LogP contribution in [0.3, 0.4) is 0 Å². The minimum absolute atomic E-state index is 0.444. The second-order valence-electron chi connectivity index (χ2n) is 3.45. The van der Waals surface area contributed by atoms with Crippen molar-refractivity contribution in [2.75, 3.05) is 46.9 Å². The van der Waals surface area contributed by atoms with Crippen molar-refractivity contribution >= 4 is 0 Å². The SMILES string of the molecule is COCCNCCCN(C)CC(F)(F)F. The van der Waals surface area contributed by atoms with E-state index in [1.54, 1.807) is 7.11 Å². The molecule has 6 heteroatoms. The average molecular weight is 228 g/mol. The fraction of sp³-hybridized carbons (Fsp3) is 1.00. The summed E-state index contributed by atoms with van der Waals surface area (Å²) in [5.74, 6) is 0. The molecule has 92 valence electrons. The van der Waals surface area contributed by atoms with Crippen molar-refractivity contribution in [2.24, 2.45) is 0 Å². The summed E-state index contributed by atoms with van der Waals surface area (Å²) in [5.41, 5.74) is 0. The summed E-state index contributed by atoms with van der Waals surface area (Å²) in [6, 6.07) is 0. The third-order valence-corrected chi connectivity index (χ3v) is 1.83. The molecule has 0 heterocycles. The van der Waals surface area contributed by atoms with Gasteiger partial charge in [-0.3, -0.25) is 4.90 Å².